The molecule has 0 heterocycles. The van der Waals surface area contributed by atoms with Crippen molar-refractivity contribution in [3.05, 3.63) is 23.8 Å². The molecule has 0 aliphatic rings. The van der Waals surface area contributed by atoms with Crippen molar-refractivity contribution in [2.75, 3.05) is 21.2 Å². The lowest BCUT2D eigenvalue weighted by atomic mass is 10.2. The fraction of sp³-hybridized carbons (Fsp3) is 0.400. The quantitative estimate of drug-likeness (QED) is 0.769. The van der Waals surface area contributed by atoms with Gasteiger partial charge in [-0.2, -0.15) is 12.7 Å². The second kappa shape index (κ2) is 5.57. The molecule has 96 valence electrons. The molecule has 5 nitrogen and oxygen atoms in total. The van der Waals surface area contributed by atoms with E-state index in [9.17, 15) is 8.42 Å². The number of methoxy groups -OCH3 is 1. The van der Waals surface area contributed by atoms with E-state index in [-0.39, 0.29) is 11.6 Å². The zero-order valence-electron chi connectivity index (χ0n) is 9.81. The Morgan fingerprint density at radius 3 is 2.41 bits per heavy atom. The largest absolute Gasteiger partial charge is 0.493 e. The second-order valence-electron chi connectivity index (χ2n) is 3.44. The third-order valence-corrected chi connectivity index (χ3v) is 3.62. The van der Waals surface area contributed by atoms with Gasteiger partial charge in [-0.05, 0) is 17.7 Å². The third kappa shape index (κ3) is 3.49. The summed E-state index contributed by atoms with van der Waals surface area (Å²) < 4.78 is 34.1. The first-order valence-corrected chi connectivity index (χ1v) is 6.65. The Hall–Kier alpha value is -0.980. The van der Waals surface area contributed by atoms with Crippen molar-refractivity contribution in [1.29, 1.82) is 0 Å². The lowest BCUT2D eigenvalue weighted by Gasteiger charge is -2.14. The highest BCUT2D eigenvalue weighted by Gasteiger charge is 2.18. The number of alkyl halides is 1. The summed E-state index contributed by atoms with van der Waals surface area (Å²) in [6.45, 7) is 0. The zero-order chi connectivity index (χ0) is 13.1. The molecule has 0 amide bonds. The van der Waals surface area contributed by atoms with Crippen LogP contribution in [0.2, 0.25) is 0 Å². The van der Waals surface area contributed by atoms with Gasteiger partial charge in [-0.3, -0.25) is 0 Å². The van der Waals surface area contributed by atoms with Crippen molar-refractivity contribution in [3.8, 4) is 11.5 Å². The van der Waals surface area contributed by atoms with Crippen LogP contribution in [0.15, 0.2) is 18.2 Å². The summed E-state index contributed by atoms with van der Waals surface area (Å²) in [6.07, 6.45) is 0. The summed E-state index contributed by atoms with van der Waals surface area (Å²) in [5.74, 6) is 0.728. The van der Waals surface area contributed by atoms with E-state index in [1.165, 1.54) is 27.3 Å². The molecule has 7 heteroatoms. The van der Waals surface area contributed by atoms with E-state index in [4.69, 9.17) is 20.5 Å². The molecule has 0 aliphatic heterocycles. The second-order valence-corrected chi connectivity index (χ2v) is 5.46. The lowest BCUT2D eigenvalue weighted by molar-refractivity contribution is 0.376. The Bertz CT molecular complexity index is 487. The van der Waals surface area contributed by atoms with Gasteiger partial charge in [-0.25, -0.2) is 0 Å². The Morgan fingerprint density at radius 2 is 1.94 bits per heavy atom. The number of halogens is 1. The molecule has 0 fully saturated rings. The van der Waals surface area contributed by atoms with E-state index in [1.807, 2.05) is 0 Å². The van der Waals surface area contributed by atoms with E-state index < -0.39 is 10.3 Å². The van der Waals surface area contributed by atoms with Crippen LogP contribution in [0.25, 0.3) is 0 Å². The summed E-state index contributed by atoms with van der Waals surface area (Å²) in [7, 11) is 0.401. The third-order valence-electron chi connectivity index (χ3n) is 2.02. The van der Waals surface area contributed by atoms with Gasteiger partial charge in [0.25, 0.3) is 0 Å². The molecule has 0 spiro atoms. The number of nitrogens with zero attached hydrogens (tertiary/aromatic N) is 1. The minimum absolute atomic E-state index is 0.124. The molecule has 0 saturated heterocycles. The molecule has 0 unspecified atom stereocenters. The molecule has 0 aromatic heterocycles. The van der Waals surface area contributed by atoms with E-state index in [2.05, 4.69) is 0 Å². The van der Waals surface area contributed by atoms with Crippen molar-refractivity contribution in [2.24, 2.45) is 0 Å². The average molecular weight is 280 g/mol. The van der Waals surface area contributed by atoms with Crippen molar-refractivity contribution in [1.82, 2.24) is 4.31 Å². The summed E-state index contributed by atoms with van der Waals surface area (Å²) in [5, 5.41) is 0. The van der Waals surface area contributed by atoms with Crippen LogP contribution >= 0.6 is 11.6 Å². The monoisotopic (exact) mass is 279 g/mol. The SMILES string of the molecule is COc1ccc(CCl)cc1OS(=O)(=O)N(C)C. The molecule has 1 aromatic carbocycles. The van der Waals surface area contributed by atoms with Crippen LogP contribution in [0.3, 0.4) is 0 Å². The van der Waals surface area contributed by atoms with E-state index in [0.717, 1.165) is 9.87 Å². The molecular weight excluding hydrogens is 266 g/mol. The van der Waals surface area contributed by atoms with Crippen molar-refractivity contribution in [3.63, 3.8) is 0 Å². The Morgan fingerprint density at radius 1 is 1.29 bits per heavy atom. The van der Waals surface area contributed by atoms with Gasteiger partial charge in [0.05, 0.1) is 7.11 Å². The van der Waals surface area contributed by atoms with Crippen LogP contribution in [0, 0.1) is 0 Å². The highest BCUT2D eigenvalue weighted by Crippen LogP contribution is 2.30. The smallest absolute Gasteiger partial charge is 0.384 e. The number of benzene rings is 1. The topological polar surface area (TPSA) is 55.8 Å². The minimum atomic E-state index is -3.80. The Kier molecular flexibility index (Phi) is 4.62. The van der Waals surface area contributed by atoms with Gasteiger partial charge >= 0.3 is 10.3 Å². The molecule has 1 rings (SSSR count). The molecule has 0 aliphatic carbocycles. The predicted molar refractivity (Wildman–Crippen MR) is 65.8 cm³/mol. The lowest BCUT2D eigenvalue weighted by Crippen LogP contribution is -2.27. The molecule has 17 heavy (non-hydrogen) atoms. The van der Waals surface area contributed by atoms with Crippen molar-refractivity contribution in [2.45, 2.75) is 5.88 Å². The molecule has 0 radical (unpaired) electrons. The maximum Gasteiger partial charge on any atom is 0.384 e. The van der Waals surface area contributed by atoms with Gasteiger partial charge < -0.3 is 8.92 Å². The van der Waals surface area contributed by atoms with Crippen LogP contribution in [0.5, 0.6) is 11.5 Å². The van der Waals surface area contributed by atoms with Crippen LogP contribution in [-0.2, 0) is 16.2 Å². The van der Waals surface area contributed by atoms with Gasteiger partial charge in [-0.15, -0.1) is 11.6 Å². The molecule has 0 N–H and O–H groups in total. The number of hydrogen-bond acceptors (Lipinski definition) is 4. The summed E-state index contributed by atoms with van der Waals surface area (Å²) in [5.41, 5.74) is 0.747. The van der Waals surface area contributed by atoms with Gasteiger partial charge in [0.1, 0.15) is 0 Å². The molecular formula is C10H14ClNO4S. The van der Waals surface area contributed by atoms with E-state index in [1.54, 1.807) is 12.1 Å². The summed E-state index contributed by atoms with van der Waals surface area (Å²) in [4.78, 5) is 0. The molecule has 0 bridgehead atoms. The fourth-order valence-corrected chi connectivity index (χ4v) is 1.73. The van der Waals surface area contributed by atoms with Crippen LogP contribution < -0.4 is 8.92 Å². The Labute approximate surface area is 106 Å². The number of hydrogen-bond donors (Lipinski definition) is 0. The van der Waals surface area contributed by atoms with Crippen molar-refractivity contribution < 1.29 is 17.3 Å². The minimum Gasteiger partial charge on any atom is -0.493 e. The van der Waals surface area contributed by atoms with Gasteiger partial charge in [0.2, 0.25) is 0 Å². The van der Waals surface area contributed by atoms with Crippen molar-refractivity contribution >= 4 is 21.9 Å². The maximum atomic E-state index is 11.6. The van der Waals surface area contributed by atoms with Gasteiger partial charge in [0, 0.05) is 20.0 Å². The molecule has 1 aromatic rings. The highest BCUT2D eigenvalue weighted by atomic mass is 35.5. The van der Waals surface area contributed by atoms with Crippen LogP contribution in [0.4, 0.5) is 0 Å². The van der Waals surface area contributed by atoms with Gasteiger partial charge in [0.15, 0.2) is 11.5 Å². The number of ether oxygens (including phenoxy) is 1. The highest BCUT2D eigenvalue weighted by molar-refractivity contribution is 7.84. The molecule has 0 atom stereocenters. The predicted octanol–water partition coefficient (Wildman–Crippen LogP) is 1.62. The zero-order valence-corrected chi connectivity index (χ0v) is 11.4. The standard InChI is InChI=1S/C10H14ClNO4S/c1-12(2)17(13,14)16-10-6-8(7-11)4-5-9(10)15-3/h4-6H,7H2,1-3H3. The first kappa shape index (κ1) is 14.1. The maximum absolute atomic E-state index is 11.6. The fourth-order valence-electron chi connectivity index (χ4n) is 1.06. The van der Waals surface area contributed by atoms with Crippen LogP contribution in [0.1, 0.15) is 5.56 Å². The number of rotatable bonds is 5. The van der Waals surface area contributed by atoms with E-state index >= 15 is 0 Å². The van der Waals surface area contributed by atoms with Gasteiger partial charge in [-0.1, -0.05) is 6.07 Å². The van der Waals surface area contributed by atoms with Crippen LogP contribution in [-0.4, -0.2) is 33.9 Å². The normalized spacial score (nSPS) is 11.6. The first-order valence-electron chi connectivity index (χ1n) is 4.75. The first-order chi connectivity index (χ1) is 7.90. The van der Waals surface area contributed by atoms with E-state index in [0.29, 0.717) is 5.75 Å². The summed E-state index contributed by atoms with van der Waals surface area (Å²) in [6, 6.07) is 4.88. The average Bonchev–Trinajstić information content (AvgIpc) is 2.28. The molecule has 0 saturated carbocycles. The summed E-state index contributed by atoms with van der Waals surface area (Å²) >= 11 is 5.67. The Balaban J connectivity index is 3.12.